The van der Waals surface area contributed by atoms with Crippen molar-refractivity contribution < 1.29 is 28.8 Å². The Balaban J connectivity index is 2.29. The summed E-state index contributed by atoms with van der Waals surface area (Å²) in [6.07, 6.45) is 11.0. The molecule has 0 heterocycles. The molecule has 0 radical (unpaired) electrons. The third kappa shape index (κ3) is 10.5. The number of hydrogen-bond donors (Lipinski definition) is 1. The summed E-state index contributed by atoms with van der Waals surface area (Å²) in [6.45, 7) is 7.90. The smallest absolute Gasteiger partial charge is 0.492 e. The van der Waals surface area contributed by atoms with Gasteiger partial charge in [-0.15, -0.1) is 0 Å². The first-order valence-electron chi connectivity index (χ1n) is 16.3. The molecule has 1 N–H and O–H groups in total. The van der Waals surface area contributed by atoms with Gasteiger partial charge in [-0.2, -0.15) is 0 Å². The van der Waals surface area contributed by atoms with Gasteiger partial charge in [0.15, 0.2) is 11.5 Å². The molecule has 0 aliphatic carbocycles. The molecule has 43 heavy (non-hydrogen) atoms. The van der Waals surface area contributed by atoms with E-state index in [9.17, 15) is 9.90 Å². The van der Waals surface area contributed by atoms with E-state index < -0.39 is 6.16 Å². The molecule has 3 aromatic carbocycles. The van der Waals surface area contributed by atoms with Gasteiger partial charge in [-0.25, -0.2) is 4.79 Å². The third-order valence-corrected chi connectivity index (χ3v) is 7.37. The van der Waals surface area contributed by atoms with Crippen LogP contribution in [0.25, 0.3) is 22.3 Å². The summed E-state index contributed by atoms with van der Waals surface area (Å²) in [6, 6.07) is 19.7. The number of carbonyl (C=O) groups is 1. The Bertz CT molecular complexity index is 1130. The van der Waals surface area contributed by atoms with Crippen molar-refractivity contribution in [2.75, 3.05) is 19.8 Å². The van der Waals surface area contributed by atoms with E-state index in [1.807, 2.05) is 60.7 Å². The van der Waals surface area contributed by atoms with Gasteiger partial charge in [0.1, 0.15) is 5.75 Å². The Labute approximate surface area is 258 Å². The first-order chi connectivity index (χ1) is 21.1. The minimum atomic E-state index is -1.42. The van der Waals surface area contributed by atoms with Gasteiger partial charge in [0.25, 0.3) is 0 Å². The highest BCUT2D eigenvalue weighted by Crippen LogP contribution is 2.57. The Hall–Kier alpha value is -3.67. The summed E-state index contributed by atoms with van der Waals surface area (Å²) < 4.78 is 25.2. The van der Waals surface area contributed by atoms with Crippen LogP contribution in [0.2, 0.25) is 0 Å². The van der Waals surface area contributed by atoms with Gasteiger partial charge in [0, 0.05) is 0 Å². The molecule has 234 valence electrons. The fourth-order valence-electron chi connectivity index (χ4n) is 5.10. The fraction of sp³-hybridized carbons (Fsp3) is 0.486. The lowest BCUT2D eigenvalue weighted by Crippen LogP contribution is -2.12. The summed E-state index contributed by atoms with van der Waals surface area (Å²) in [5.41, 5.74) is 3.08. The second-order valence-electron chi connectivity index (χ2n) is 10.9. The first-order valence-corrected chi connectivity index (χ1v) is 16.3. The fourth-order valence-corrected chi connectivity index (χ4v) is 5.10. The third-order valence-electron chi connectivity index (χ3n) is 7.37. The molecule has 0 aliphatic heterocycles. The molecule has 0 unspecified atom stereocenters. The lowest BCUT2D eigenvalue weighted by molar-refractivity contribution is 0.139. The maximum Gasteiger partial charge on any atom is 0.511 e. The molecule has 3 rings (SSSR count). The van der Waals surface area contributed by atoms with Crippen LogP contribution in [0.4, 0.5) is 4.79 Å². The molecule has 3 aromatic rings. The molecular weight excluding hydrogens is 540 g/mol. The largest absolute Gasteiger partial charge is 0.511 e. The van der Waals surface area contributed by atoms with Gasteiger partial charge < -0.3 is 24.1 Å². The highest BCUT2D eigenvalue weighted by Gasteiger charge is 2.32. The highest BCUT2D eigenvalue weighted by molar-refractivity contribution is 5.94. The average Bonchev–Trinajstić information content (AvgIpc) is 3.02. The molecule has 0 aromatic heterocycles. The van der Waals surface area contributed by atoms with Crippen LogP contribution >= 0.6 is 0 Å². The number of benzene rings is 3. The Morgan fingerprint density at radius 2 is 0.884 bits per heavy atom. The number of ether oxygens (including phenoxy) is 4. The van der Waals surface area contributed by atoms with Crippen LogP contribution in [0, 0.1) is 0 Å². The SMILES string of the molecule is CCCCCCOc1c(OC(=O)O)c(OCCCCCC)c(-c2ccccc2)c(OCCCCCC)c1-c1ccccc1. The summed E-state index contributed by atoms with van der Waals surface area (Å²) in [7, 11) is 0. The summed E-state index contributed by atoms with van der Waals surface area (Å²) >= 11 is 0. The predicted molar refractivity (Wildman–Crippen MR) is 175 cm³/mol. The molecule has 0 atom stereocenters. The molecule has 6 nitrogen and oxygen atoms in total. The number of hydrogen-bond acceptors (Lipinski definition) is 5. The highest BCUT2D eigenvalue weighted by atomic mass is 16.7. The Morgan fingerprint density at radius 1 is 0.512 bits per heavy atom. The van der Waals surface area contributed by atoms with Gasteiger partial charge in [-0.3, -0.25) is 0 Å². The van der Waals surface area contributed by atoms with E-state index >= 15 is 0 Å². The summed E-state index contributed by atoms with van der Waals surface area (Å²) in [5, 5.41) is 9.95. The van der Waals surface area contributed by atoms with Crippen LogP contribution in [0.3, 0.4) is 0 Å². The normalized spacial score (nSPS) is 10.9. The van der Waals surface area contributed by atoms with Gasteiger partial charge in [0.05, 0.1) is 30.9 Å². The zero-order valence-corrected chi connectivity index (χ0v) is 26.4. The number of unbranched alkanes of at least 4 members (excludes halogenated alkanes) is 9. The van der Waals surface area contributed by atoms with Crippen LogP contribution in [-0.4, -0.2) is 31.1 Å². The molecule has 0 amide bonds. The molecule has 0 fully saturated rings. The Kier molecular flexibility index (Phi) is 15.3. The standard InChI is InChI=1S/C37H50O6/c1-4-7-10-19-26-40-33-31(29-22-15-13-16-23-29)34(41-27-20-11-8-5-2)36(43-37(38)39)35(42-28-21-12-9-6-3)32(33)30-24-17-14-18-25-30/h13-18,22-25H,4-12,19-21,26-28H2,1-3H3,(H,38,39). The van der Waals surface area contributed by atoms with Gasteiger partial charge >= 0.3 is 6.16 Å². The van der Waals surface area contributed by atoms with Crippen LogP contribution in [0.1, 0.15) is 97.8 Å². The molecule has 0 saturated carbocycles. The van der Waals surface area contributed by atoms with Gasteiger partial charge in [-0.05, 0) is 30.4 Å². The molecule has 0 bridgehead atoms. The number of rotatable bonds is 21. The van der Waals surface area contributed by atoms with Crippen molar-refractivity contribution in [1.82, 2.24) is 0 Å². The lowest BCUT2D eigenvalue weighted by atomic mass is 9.94. The second-order valence-corrected chi connectivity index (χ2v) is 10.9. The van der Waals surface area contributed by atoms with Crippen LogP contribution in [-0.2, 0) is 0 Å². The van der Waals surface area contributed by atoms with Crippen molar-refractivity contribution in [1.29, 1.82) is 0 Å². The van der Waals surface area contributed by atoms with Crippen LogP contribution in [0.15, 0.2) is 60.7 Å². The van der Waals surface area contributed by atoms with Crippen molar-refractivity contribution in [2.45, 2.75) is 97.8 Å². The van der Waals surface area contributed by atoms with E-state index in [2.05, 4.69) is 20.8 Å². The van der Waals surface area contributed by atoms with E-state index in [1.54, 1.807) is 0 Å². The van der Waals surface area contributed by atoms with Crippen LogP contribution < -0.4 is 18.9 Å². The summed E-state index contributed by atoms with van der Waals surface area (Å²) in [5.74, 6) is 1.39. The average molecular weight is 591 g/mol. The molecular formula is C37H50O6. The minimum absolute atomic E-state index is 0.0783. The van der Waals surface area contributed by atoms with Crippen LogP contribution in [0.5, 0.6) is 23.0 Å². The second kappa shape index (κ2) is 19.5. The van der Waals surface area contributed by atoms with Crippen molar-refractivity contribution in [3.63, 3.8) is 0 Å². The Morgan fingerprint density at radius 3 is 1.23 bits per heavy atom. The molecule has 6 heteroatoms. The maximum atomic E-state index is 12.2. The topological polar surface area (TPSA) is 74.2 Å². The first kappa shape index (κ1) is 33.8. The van der Waals surface area contributed by atoms with E-state index in [1.165, 1.54) is 0 Å². The quantitative estimate of drug-likeness (QED) is 0.0755. The van der Waals surface area contributed by atoms with Gasteiger partial charge in [-0.1, -0.05) is 139 Å². The van der Waals surface area contributed by atoms with Crippen molar-refractivity contribution >= 4 is 6.16 Å². The molecule has 0 spiro atoms. The van der Waals surface area contributed by atoms with Crippen molar-refractivity contribution in [3.05, 3.63) is 60.7 Å². The van der Waals surface area contributed by atoms with Crippen molar-refractivity contribution in [3.8, 4) is 45.3 Å². The van der Waals surface area contributed by atoms with E-state index in [0.29, 0.717) is 48.2 Å². The van der Waals surface area contributed by atoms with Crippen molar-refractivity contribution in [2.24, 2.45) is 0 Å². The predicted octanol–water partition coefficient (Wildman–Crippen LogP) is 11.0. The van der Waals surface area contributed by atoms with E-state index in [4.69, 9.17) is 18.9 Å². The number of carboxylic acid groups (broad SMARTS) is 1. The maximum absolute atomic E-state index is 12.2. The van der Waals surface area contributed by atoms with Gasteiger partial charge in [0.2, 0.25) is 5.75 Å². The zero-order valence-electron chi connectivity index (χ0n) is 26.4. The molecule has 0 aliphatic rings. The summed E-state index contributed by atoms with van der Waals surface area (Å²) in [4.78, 5) is 12.2. The van der Waals surface area contributed by atoms with E-state index in [-0.39, 0.29) is 5.75 Å². The lowest BCUT2D eigenvalue weighted by Gasteiger charge is -2.26. The molecule has 0 saturated heterocycles. The monoisotopic (exact) mass is 590 g/mol. The minimum Gasteiger partial charge on any atom is -0.492 e. The van der Waals surface area contributed by atoms with E-state index in [0.717, 1.165) is 88.2 Å². The zero-order chi connectivity index (χ0) is 30.7.